The number of rotatable bonds is 8. The van der Waals surface area contributed by atoms with Crippen molar-refractivity contribution < 1.29 is 24.0 Å². The standard InChI is InChI=1S/C26H26ClN3O6/c1-36-20-10-8-19(9-11-20)29-24(31)16-23(26(29)33)28(14-13-17-5-3-2-4-6-17)25(32)18-7-12-21(27)22(15-18)30(34)35/h5,7-12,15,23H,2-4,6,13-14,16H2,1H3. The highest BCUT2D eigenvalue weighted by Gasteiger charge is 2.44. The summed E-state index contributed by atoms with van der Waals surface area (Å²) in [6.45, 7) is 0.210. The van der Waals surface area contributed by atoms with Gasteiger partial charge in [0, 0.05) is 18.2 Å². The first-order chi connectivity index (χ1) is 17.3. The number of methoxy groups -OCH3 is 1. The average Bonchev–Trinajstić information content (AvgIpc) is 3.18. The molecule has 1 aliphatic heterocycles. The molecule has 2 aromatic carbocycles. The highest BCUT2D eigenvalue weighted by atomic mass is 35.5. The van der Waals surface area contributed by atoms with E-state index in [-0.39, 0.29) is 23.6 Å². The molecule has 3 amide bonds. The number of nitro groups is 1. The second-order valence-corrected chi connectivity index (χ2v) is 9.17. The second kappa shape index (κ2) is 10.9. The number of anilines is 1. The number of benzene rings is 2. The van der Waals surface area contributed by atoms with Gasteiger partial charge in [-0.15, -0.1) is 0 Å². The van der Waals surface area contributed by atoms with E-state index in [1.807, 2.05) is 0 Å². The predicted molar refractivity (Wildman–Crippen MR) is 134 cm³/mol. The summed E-state index contributed by atoms with van der Waals surface area (Å²) in [4.78, 5) is 53.2. The lowest BCUT2D eigenvalue weighted by atomic mass is 9.96. The second-order valence-electron chi connectivity index (χ2n) is 8.77. The summed E-state index contributed by atoms with van der Waals surface area (Å²) >= 11 is 5.93. The number of hydrogen-bond acceptors (Lipinski definition) is 6. The van der Waals surface area contributed by atoms with Crippen LogP contribution in [0.4, 0.5) is 11.4 Å². The number of nitro benzene ring substituents is 1. The molecule has 0 saturated carbocycles. The number of ether oxygens (including phenoxy) is 1. The number of carbonyl (C=O) groups excluding carboxylic acids is 3. The molecule has 2 aliphatic rings. The molecule has 1 saturated heterocycles. The number of halogens is 1. The molecule has 36 heavy (non-hydrogen) atoms. The van der Waals surface area contributed by atoms with E-state index in [9.17, 15) is 24.5 Å². The Labute approximate surface area is 213 Å². The first-order valence-electron chi connectivity index (χ1n) is 11.7. The number of amides is 3. The van der Waals surface area contributed by atoms with Gasteiger partial charge in [-0.1, -0.05) is 23.3 Å². The predicted octanol–water partition coefficient (Wildman–Crippen LogP) is 4.92. The van der Waals surface area contributed by atoms with Gasteiger partial charge in [0.15, 0.2) is 0 Å². The molecule has 2 aromatic rings. The Morgan fingerprint density at radius 1 is 1.19 bits per heavy atom. The van der Waals surface area contributed by atoms with Crippen molar-refractivity contribution in [3.05, 3.63) is 74.8 Å². The van der Waals surface area contributed by atoms with E-state index in [2.05, 4.69) is 6.08 Å². The summed E-state index contributed by atoms with van der Waals surface area (Å²) in [7, 11) is 1.52. The highest BCUT2D eigenvalue weighted by Crippen LogP contribution is 2.31. The van der Waals surface area contributed by atoms with E-state index in [4.69, 9.17) is 16.3 Å². The maximum absolute atomic E-state index is 13.6. The lowest BCUT2D eigenvalue weighted by Crippen LogP contribution is -2.46. The Balaban J connectivity index is 1.64. The van der Waals surface area contributed by atoms with Crippen molar-refractivity contribution in [2.75, 3.05) is 18.6 Å². The zero-order valence-electron chi connectivity index (χ0n) is 19.8. The fraction of sp³-hybridized carbons (Fsp3) is 0.346. The maximum Gasteiger partial charge on any atom is 0.288 e. The number of hydrogen-bond donors (Lipinski definition) is 0. The first-order valence-corrected chi connectivity index (χ1v) is 12.1. The van der Waals surface area contributed by atoms with Crippen molar-refractivity contribution in [3.63, 3.8) is 0 Å². The normalized spacial score (nSPS) is 17.7. The van der Waals surface area contributed by atoms with Crippen LogP contribution in [0, 0.1) is 10.1 Å². The monoisotopic (exact) mass is 511 g/mol. The highest BCUT2D eigenvalue weighted by molar-refractivity contribution is 6.32. The van der Waals surface area contributed by atoms with Gasteiger partial charge in [-0.2, -0.15) is 0 Å². The quantitative estimate of drug-likeness (QED) is 0.215. The molecule has 1 atom stereocenters. The van der Waals surface area contributed by atoms with Crippen LogP contribution in [0.5, 0.6) is 5.75 Å². The number of carbonyl (C=O) groups is 3. The SMILES string of the molecule is COc1ccc(N2C(=O)CC(N(CCC3=CCCCC3)C(=O)c3ccc(Cl)c([N+](=O)[O-])c3)C2=O)cc1. The minimum absolute atomic E-state index is 0.0341. The Hall–Kier alpha value is -3.72. The minimum Gasteiger partial charge on any atom is -0.497 e. The van der Waals surface area contributed by atoms with Gasteiger partial charge in [-0.25, -0.2) is 4.90 Å². The van der Waals surface area contributed by atoms with Crippen molar-refractivity contribution in [2.24, 2.45) is 0 Å². The molecule has 9 nitrogen and oxygen atoms in total. The van der Waals surface area contributed by atoms with E-state index in [1.165, 1.54) is 29.7 Å². The van der Waals surface area contributed by atoms with Crippen molar-refractivity contribution in [1.82, 2.24) is 4.90 Å². The van der Waals surface area contributed by atoms with E-state index in [1.54, 1.807) is 24.3 Å². The zero-order valence-corrected chi connectivity index (χ0v) is 20.6. The van der Waals surface area contributed by atoms with Crippen LogP contribution in [0.2, 0.25) is 5.02 Å². The summed E-state index contributed by atoms with van der Waals surface area (Å²) in [5.41, 5.74) is 1.22. The third kappa shape index (κ3) is 5.26. The van der Waals surface area contributed by atoms with Gasteiger partial charge in [0.2, 0.25) is 5.91 Å². The topological polar surface area (TPSA) is 110 Å². The lowest BCUT2D eigenvalue weighted by molar-refractivity contribution is -0.384. The van der Waals surface area contributed by atoms with E-state index >= 15 is 0 Å². The van der Waals surface area contributed by atoms with Crippen molar-refractivity contribution in [2.45, 2.75) is 44.6 Å². The molecule has 1 aliphatic carbocycles. The third-order valence-electron chi connectivity index (χ3n) is 6.54. The van der Waals surface area contributed by atoms with Gasteiger partial charge in [-0.05, 0) is 68.5 Å². The van der Waals surface area contributed by atoms with E-state index in [0.29, 0.717) is 17.9 Å². The first kappa shape index (κ1) is 25.4. The summed E-state index contributed by atoms with van der Waals surface area (Å²) in [5.74, 6) is -0.920. The van der Waals surface area contributed by atoms with Crippen LogP contribution < -0.4 is 9.64 Å². The van der Waals surface area contributed by atoms with Crippen LogP contribution >= 0.6 is 11.6 Å². The summed E-state index contributed by atoms with van der Waals surface area (Å²) in [6.07, 6.45) is 6.61. The molecule has 1 fully saturated rings. The van der Waals surface area contributed by atoms with Gasteiger partial charge in [0.1, 0.15) is 16.8 Å². The Morgan fingerprint density at radius 2 is 1.94 bits per heavy atom. The largest absolute Gasteiger partial charge is 0.497 e. The number of nitrogens with zero attached hydrogens (tertiary/aromatic N) is 3. The van der Waals surface area contributed by atoms with Gasteiger partial charge in [0.05, 0.1) is 24.1 Å². The molecule has 1 unspecified atom stereocenters. The van der Waals surface area contributed by atoms with Crippen molar-refractivity contribution >= 4 is 40.7 Å². The van der Waals surface area contributed by atoms with Crippen LogP contribution in [0.1, 0.15) is 48.9 Å². The molecule has 0 N–H and O–H groups in total. The van der Waals surface area contributed by atoms with Crippen LogP contribution in [0.3, 0.4) is 0 Å². The van der Waals surface area contributed by atoms with Gasteiger partial charge in [0.25, 0.3) is 17.5 Å². The smallest absolute Gasteiger partial charge is 0.288 e. The van der Waals surface area contributed by atoms with Crippen LogP contribution in [-0.2, 0) is 9.59 Å². The summed E-state index contributed by atoms with van der Waals surface area (Å²) in [5, 5.41) is 11.3. The summed E-state index contributed by atoms with van der Waals surface area (Å²) in [6, 6.07) is 9.29. The zero-order chi connectivity index (χ0) is 25.8. The van der Waals surface area contributed by atoms with E-state index < -0.39 is 34.4 Å². The molecule has 0 radical (unpaired) electrons. The van der Waals surface area contributed by atoms with Gasteiger partial charge >= 0.3 is 0 Å². The van der Waals surface area contributed by atoms with Crippen LogP contribution in [0.15, 0.2) is 54.1 Å². The minimum atomic E-state index is -1.02. The fourth-order valence-corrected chi connectivity index (χ4v) is 4.79. The van der Waals surface area contributed by atoms with Crippen molar-refractivity contribution in [1.29, 1.82) is 0 Å². The Kier molecular flexibility index (Phi) is 7.69. The Morgan fingerprint density at radius 3 is 2.58 bits per heavy atom. The molecular weight excluding hydrogens is 486 g/mol. The third-order valence-corrected chi connectivity index (χ3v) is 6.86. The number of allylic oxidation sites excluding steroid dienone is 1. The molecular formula is C26H26ClN3O6. The van der Waals surface area contributed by atoms with Crippen LogP contribution in [-0.4, -0.2) is 47.2 Å². The number of imide groups is 1. The summed E-state index contributed by atoms with van der Waals surface area (Å²) < 4.78 is 5.15. The average molecular weight is 512 g/mol. The van der Waals surface area contributed by atoms with Crippen LogP contribution in [0.25, 0.3) is 0 Å². The van der Waals surface area contributed by atoms with Crippen molar-refractivity contribution in [3.8, 4) is 5.75 Å². The molecule has 0 bridgehead atoms. The molecule has 188 valence electrons. The molecule has 10 heteroatoms. The molecule has 0 aromatic heterocycles. The Bertz CT molecular complexity index is 1230. The maximum atomic E-state index is 13.6. The molecule has 4 rings (SSSR count). The molecule has 1 heterocycles. The molecule has 0 spiro atoms. The van der Waals surface area contributed by atoms with Gasteiger partial charge in [-0.3, -0.25) is 24.5 Å². The fourth-order valence-electron chi connectivity index (χ4n) is 4.61. The van der Waals surface area contributed by atoms with Gasteiger partial charge < -0.3 is 9.64 Å². The lowest BCUT2D eigenvalue weighted by Gasteiger charge is -2.28. The van der Waals surface area contributed by atoms with E-state index in [0.717, 1.165) is 36.6 Å².